The maximum Gasteiger partial charge on any atom is 0.348 e. The van der Waals surface area contributed by atoms with E-state index in [-0.39, 0.29) is 0 Å². The zero-order valence-corrected chi connectivity index (χ0v) is 8.75. The van der Waals surface area contributed by atoms with Crippen molar-refractivity contribution in [3.63, 3.8) is 0 Å². The highest BCUT2D eigenvalue weighted by Gasteiger charge is 2.11. The highest BCUT2D eigenvalue weighted by atomic mass is 16.6. The number of rotatable bonds is 3. The fraction of sp³-hybridized carbons (Fsp3) is 0.0833. The van der Waals surface area contributed by atoms with Crippen LogP contribution in [-0.4, -0.2) is 4.92 Å². The minimum absolute atomic E-state index is 0.344. The molecule has 1 rings (SSSR count). The predicted octanol–water partition coefficient (Wildman–Crippen LogP) is 2.77. The molecule has 0 N–H and O–H groups in total. The van der Waals surface area contributed by atoms with Crippen LogP contribution in [0, 0.1) is 21.4 Å². The van der Waals surface area contributed by atoms with Gasteiger partial charge < -0.3 is 0 Å². The molecule has 0 bridgehead atoms. The summed E-state index contributed by atoms with van der Waals surface area (Å²) in [5.74, 6) is 0. The van der Waals surface area contributed by atoms with Crippen LogP contribution >= 0.6 is 0 Å². The van der Waals surface area contributed by atoms with E-state index in [4.69, 9.17) is 5.26 Å². The summed E-state index contributed by atoms with van der Waals surface area (Å²) in [5.41, 5.74) is 0.853. The Morgan fingerprint density at radius 1 is 1.44 bits per heavy atom. The summed E-state index contributed by atoms with van der Waals surface area (Å²) >= 11 is 0. The van der Waals surface area contributed by atoms with E-state index >= 15 is 0 Å². The van der Waals surface area contributed by atoms with Crippen molar-refractivity contribution in [3.8, 4) is 6.07 Å². The van der Waals surface area contributed by atoms with Crippen LogP contribution in [0.15, 0.2) is 47.7 Å². The maximum atomic E-state index is 10.5. The Morgan fingerprint density at radius 2 is 2.06 bits per heavy atom. The second kappa shape index (κ2) is 5.47. The summed E-state index contributed by atoms with van der Waals surface area (Å²) in [4.78, 5) is 9.80. The normalized spacial score (nSPS) is 12.0. The van der Waals surface area contributed by atoms with Gasteiger partial charge in [0, 0.05) is 5.57 Å². The number of nitriles is 1. The summed E-state index contributed by atoms with van der Waals surface area (Å²) in [7, 11) is 0. The molecular weight excluding hydrogens is 204 g/mol. The molecule has 0 aliphatic heterocycles. The maximum absolute atomic E-state index is 10.5. The number of allylic oxidation sites excluding steroid dienone is 3. The van der Waals surface area contributed by atoms with E-state index in [1.54, 1.807) is 25.1 Å². The Morgan fingerprint density at radius 3 is 2.56 bits per heavy atom. The van der Waals surface area contributed by atoms with Gasteiger partial charge in [-0.15, -0.1) is 0 Å². The van der Waals surface area contributed by atoms with E-state index in [1.807, 2.05) is 30.3 Å². The lowest BCUT2D eigenvalue weighted by Crippen LogP contribution is -1.97. The molecule has 80 valence electrons. The van der Waals surface area contributed by atoms with Gasteiger partial charge in [-0.1, -0.05) is 42.5 Å². The quantitative estimate of drug-likeness (QED) is 0.336. The van der Waals surface area contributed by atoms with Crippen molar-refractivity contribution in [2.45, 2.75) is 6.92 Å². The minimum atomic E-state index is -0.676. The molecule has 0 aromatic heterocycles. The van der Waals surface area contributed by atoms with Gasteiger partial charge in [0.1, 0.15) is 0 Å². The van der Waals surface area contributed by atoms with Gasteiger partial charge in [0.2, 0.25) is 0 Å². The lowest BCUT2D eigenvalue weighted by atomic mass is 10.1. The first-order valence-electron chi connectivity index (χ1n) is 4.63. The van der Waals surface area contributed by atoms with E-state index < -0.39 is 10.6 Å². The molecule has 0 atom stereocenters. The molecule has 4 heteroatoms. The molecule has 0 fully saturated rings. The Bertz CT molecular complexity index is 481. The summed E-state index contributed by atoms with van der Waals surface area (Å²) < 4.78 is 0. The fourth-order valence-corrected chi connectivity index (χ4v) is 1.14. The average molecular weight is 214 g/mol. The van der Waals surface area contributed by atoms with Crippen LogP contribution in [0.1, 0.15) is 12.5 Å². The molecule has 0 saturated heterocycles. The van der Waals surface area contributed by atoms with Crippen LogP contribution in [0.25, 0.3) is 6.08 Å². The molecule has 0 aliphatic carbocycles. The van der Waals surface area contributed by atoms with Crippen molar-refractivity contribution >= 4 is 6.08 Å². The van der Waals surface area contributed by atoms with Gasteiger partial charge in [0.05, 0.1) is 4.92 Å². The Hall–Kier alpha value is -2.41. The molecule has 0 heterocycles. The topological polar surface area (TPSA) is 66.9 Å². The van der Waals surface area contributed by atoms with E-state index in [0.717, 1.165) is 5.56 Å². The third-order valence-corrected chi connectivity index (χ3v) is 1.99. The standard InChI is InChI=1S/C12H10N2O2/c1-10(12(9-13)14(15)16)7-8-11-5-3-2-4-6-11/h2-8H,1H3/b8-7+,12-10+. The van der Waals surface area contributed by atoms with Crippen molar-refractivity contribution in [2.24, 2.45) is 0 Å². The molecule has 0 unspecified atom stereocenters. The first kappa shape index (κ1) is 11.7. The first-order chi connectivity index (χ1) is 7.65. The zero-order chi connectivity index (χ0) is 12.0. The fourth-order valence-electron chi connectivity index (χ4n) is 1.14. The molecule has 0 saturated carbocycles. The summed E-state index contributed by atoms with van der Waals surface area (Å²) in [6, 6.07) is 11.0. The number of nitrogens with zero attached hydrogens (tertiary/aromatic N) is 2. The third kappa shape index (κ3) is 3.07. The first-order valence-corrected chi connectivity index (χ1v) is 4.63. The van der Waals surface area contributed by atoms with Crippen molar-refractivity contribution in [3.05, 3.63) is 63.4 Å². The van der Waals surface area contributed by atoms with Crippen LogP contribution in [0.2, 0.25) is 0 Å². The Labute approximate surface area is 93.3 Å². The van der Waals surface area contributed by atoms with E-state index in [2.05, 4.69) is 0 Å². The molecule has 0 radical (unpaired) electrons. The lowest BCUT2D eigenvalue weighted by Gasteiger charge is -1.93. The molecule has 4 nitrogen and oxygen atoms in total. The van der Waals surface area contributed by atoms with Gasteiger partial charge >= 0.3 is 5.70 Å². The average Bonchev–Trinajstić information content (AvgIpc) is 2.28. The summed E-state index contributed by atoms with van der Waals surface area (Å²) in [6.07, 6.45) is 3.30. The lowest BCUT2D eigenvalue weighted by molar-refractivity contribution is -0.418. The molecule has 0 amide bonds. The molecule has 1 aromatic carbocycles. The second-order valence-corrected chi connectivity index (χ2v) is 3.14. The van der Waals surface area contributed by atoms with E-state index in [0.29, 0.717) is 5.57 Å². The number of benzene rings is 1. The molecule has 1 aromatic rings. The monoisotopic (exact) mass is 214 g/mol. The number of nitro groups is 1. The zero-order valence-electron chi connectivity index (χ0n) is 8.75. The summed E-state index contributed by atoms with van der Waals surface area (Å²) in [6.45, 7) is 1.54. The summed E-state index contributed by atoms with van der Waals surface area (Å²) in [5, 5.41) is 19.1. The Kier molecular flexibility index (Phi) is 3.98. The predicted molar refractivity (Wildman–Crippen MR) is 60.8 cm³/mol. The third-order valence-electron chi connectivity index (χ3n) is 1.99. The van der Waals surface area contributed by atoms with Crippen LogP contribution in [0.3, 0.4) is 0 Å². The van der Waals surface area contributed by atoms with Crippen molar-refractivity contribution in [1.82, 2.24) is 0 Å². The van der Waals surface area contributed by atoms with Gasteiger partial charge in [-0.3, -0.25) is 10.1 Å². The van der Waals surface area contributed by atoms with Crippen LogP contribution in [0.4, 0.5) is 0 Å². The van der Waals surface area contributed by atoms with Gasteiger partial charge in [0.25, 0.3) is 0 Å². The van der Waals surface area contributed by atoms with Gasteiger partial charge in [-0.2, -0.15) is 5.26 Å². The minimum Gasteiger partial charge on any atom is -0.258 e. The second-order valence-electron chi connectivity index (χ2n) is 3.14. The van der Waals surface area contributed by atoms with Gasteiger partial charge in [-0.05, 0) is 12.5 Å². The largest absolute Gasteiger partial charge is 0.348 e. The van der Waals surface area contributed by atoms with Gasteiger partial charge in [-0.25, -0.2) is 0 Å². The van der Waals surface area contributed by atoms with Crippen molar-refractivity contribution in [2.75, 3.05) is 0 Å². The smallest absolute Gasteiger partial charge is 0.258 e. The Balaban J connectivity index is 2.94. The van der Waals surface area contributed by atoms with E-state index in [9.17, 15) is 10.1 Å². The van der Waals surface area contributed by atoms with Crippen molar-refractivity contribution in [1.29, 1.82) is 5.26 Å². The van der Waals surface area contributed by atoms with E-state index in [1.165, 1.54) is 0 Å². The molecular formula is C12H10N2O2. The highest BCUT2D eigenvalue weighted by molar-refractivity contribution is 5.53. The van der Waals surface area contributed by atoms with Crippen LogP contribution in [0.5, 0.6) is 0 Å². The van der Waals surface area contributed by atoms with Crippen molar-refractivity contribution < 1.29 is 4.92 Å². The number of hydrogen-bond acceptors (Lipinski definition) is 3. The highest BCUT2D eigenvalue weighted by Crippen LogP contribution is 2.09. The number of hydrogen-bond donors (Lipinski definition) is 0. The van der Waals surface area contributed by atoms with Crippen LogP contribution < -0.4 is 0 Å². The SMILES string of the molecule is CC(/C=C/c1ccccc1)=C(/C#N)[N+](=O)[O-]. The van der Waals surface area contributed by atoms with Crippen LogP contribution in [-0.2, 0) is 0 Å². The molecule has 16 heavy (non-hydrogen) atoms. The molecule has 0 aliphatic rings. The van der Waals surface area contributed by atoms with Gasteiger partial charge in [0.15, 0.2) is 6.07 Å². The molecule has 0 spiro atoms.